The van der Waals surface area contributed by atoms with E-state index in [4.69, 9.17) is 14.9 Å². The van der Waals surface area contributed by atoms with Crippen LogP contribution in [0.4, 0.5) is 0 Å². The molecule has 0 atom stereocenters. The molecule has 0 aliphatic carbocycles. The SMILES string of the molecule is O=C(O)CCC(=O)OCCCCCCO. The summed E-state index contributed by atoms with van der Waals surface area (Å²) >= 11 is 0. The minimum Gasteiger partial charge on any atom is -0.481 e. The molecule has 0 aromatic rings. The molecule has 0 aliphatic heterocycles. The van der Waals surface area contributed by atoms with Crippen molar-refractivity contribution in [2.75, 3.05) is 13.2 Å². The third kappa shape index (κ3) is 10.8. The minimum atomic E-state index is -0.991. The van der Waals surface area contributed by atoms with Crippen molar-refractivity contribution in [3.05, 3.63) is 0 Å². The van der Waals surface area contributed by atoms with Crippen molar-refractivity contribution < 1.29 is 24.5 Å². The third-order valence-electron chi connectivity index (χ3n) is 1.86. The predicted octanol–water partition coefficient (Wildman–Crippen LogP) is 0.947. The van der Waals surface area contributed by atoms with E-state index in [1.165, 1.54) is 0 Å². The minimum absolute atomic E-state index is 0.0635. The Morgan fingerprint density at radius 2 is 1.67 bits per heavy atom. The number of rotatable bonds is 9. The summed E-state index contributed by atoms with van der Waals surface area (Å²) in [6.07, 6.45) is 3.12. The lowest BCUT2D eigenvalue weighted by Gasteiger charge is -2.03. The fourth-order valence-electron chi connectivity index (χ4n) is 1.03. The third-order valence-corrected chi connectivity index (χ3v) is 1.86. The van der Waals surface area contributed by atoms with Crippen molar-refractivity contribution in [1.29, 1.82) is 0 Å². The Balaban J connectivity index is 3.20. The van der Waals surface area contributed by atoms with Gasteiger partial charge in [-0.3, -0.25) is 9.59 Å². The van der Waals surface area contributed by atoms with Gasteiger partial charge in [0.15, 0.2) is 0 Å². The quantitative estimate of drug-likeness (QED) is 0.444. The fraction of sp³-hybridized carbons (Fsp3) is 0.800. The molecule has 0 aromatic carbocycles. The summed E-state index contributed by atoms with van der Waals surface area (Å²) in [5, 5.41) is 16.8. The number of carbonyl (C=O) groups excluding carboxylic acids is 1. The molecule has 0 saturated heterocycles. The van der Waals surface area contributed by atoms with E-state index in [2.05, 4.69) is 0 Å². The van der Waals surface area contributed by atoms with Gasteiger partial charge < -0.3 is 14.9 Å². The highest BCUT2D eigenvalue weighted by Crippen LogP contribution is 2.00. The molecule has 0 rings (SSSR count). The highest BCUT2D eigenvalue weighted by Gasteiger charge is 2.05. The number of carboxylic acids is 1. The zero-order valence-electron chi connectivity index (χ0n) is 8.78. The van der Waals surface area contributed by atoms with E-state index in [0.29, 0.717) is 6.61 Å². The maximum Gasteiger partial charge on any atom is 0.306 e. The second kappa shape index (κ2) is 9.45. The average Bonchev–Trinajstić information content (AvgIpc) is 2.20. The Hall–Kier alpha value is -1.10. The van der Waals surface area contributed by atoms with Crippen LogP contribution in [0.3, 0.4) is 0 Å². The zero-order valence-corrected chi connectivity index (χ0v) is 8.78. The van der Waals surface area contributed by atoms with Crippen LogP contribution in [0, 0.1) is 0 Å². The van der Waals surface area contributed by atoms with Gasteiger partial charge in [-0.15, -0.1) is 0 Å². The summed E-state index contributed by atoms with van der Waals surface area (Å²) in [6, 6.07) is 0. The van der Waals surface area contributed by atoms with E-state index >= 15 is 0 Å². The van der Waals surface area contributed by atoms with Crippen LogP contribution in [0.1, 0.15) is 38.5 Å². The number of ether oxygens (including phenoxy) is 1. The van der Waals surface area contributed by atoms with Gasteiger partial charge in [0.2, 0.25) is 0 Å². The standard InChI is InChI=1S/C10H18O5/c11-7-3-1-2-4-8-15-10(14)6-5-9(12)13/h11H,1-8H2,(H,12,13). The number of hydrogen-bond acceptors (Lipinski definition) is 4. The second-order valence-electron chi connectivity index (χ2n) is 3.25. The van der Waals surface area contributed by atoms with E-state index in [9.17, 15) is 9.59 Å². The number of aliphatic hydroxyl groups excluding tert-OH is 1. The molecule has 0 saturated carbocycles. The molecule has 0 aromatic heterocycles. The van der Waals surface area contributed by atoms with Gasteiger partial charge in [-0.1, -0.05) is 6.42 Å². The Labute approximate surface area is 89.0 Å². The maximum atomic E-state index is 10.9. The van der Waals surface area contributed by atoms with Gasteiger partial charge in [0.25, 0.3) is 0 Å². The molecular formula is C10H18O5. The van der Waals surface area contributed by atoms with Gasteiger partial charge in [0.05, 0.1) is 19.4 Å². The van der Waals surface area contributed by atoms with Crippen molar-refractivity contribution >= 4 is 11.9 Å². The Bertz CT molecular complexity index is 190. The number of esters is 1. The van der Waals surface area contributed by atoms with Crippen LogP contribution in [0.2, 0.25) is 0 Å². The Morgan fingerprint density at radius 1 is 1.00 bits per heavy atom. The molecule has 5 heteroatoms. The van der Waals surface area contributed by atoms with Crippen molar-refractivity contribution in [2.45, 2.75) is 38.5 Å². The van der Waals surface area contributed by atoms with Gasteiger partial charge in [0.1, 0.15) is 0 Å². The van der Waals surface area contributed by atoms with E-state index in [0.717, 1.165) is 25.7 Å². The molecular weight excluding hydrogens is 200 g/mol. The molecule has 2 N–H and O–H groups in total. The number of aliphatic hydroxyl groups is 1. The van der Waals surface area contributed by atoms with Crippen molar-refractivity contribution in [2.24, 2.45) is 0 Å². The molecule has 0 unspecified atom stereocenters. The van der Waals surface area contributed by atoms with Gasteiger partial charge in [-0.2, -0.15) is 0 Å². The number of carboxylic acid groups (broad SMARTS) is 1. The topological polar surface area (TPSA) is 83.8 Å². The van der Waals surface area contributed by atoms with Crippen molar-refractivity contribution in [3.63, 3.8) is 0 Å². The highest BCUT2D eigenvalue weighted by atomic mass is 16.5. The van der Waals surface area contributed by atoms with Crippen LogP contribution in [0.15, 0.2) is 0 Å². The molecule has 0 amide bonds. The number of aliphatic carboxylic acids is 1. The van der Waals surface area contributed by atoms with Gasteiger partial charge in [0, 0.05) is 6.61 Å². The summed E-state index contributed by atoms with van der Waals surface area (Å²) in [7, 11) is 0. The van der Waals surface area contributed by atoms with Crippen LogP contribution >= 0.6 is 0 Å². The first-order chi connectivity index (χ1) is 7.16. The summed E-state index contributed by atoms with van der Waals surface area (Å²) in [6.45, 7) is 0.530. The van der Waals surface area contributed by atoms with Crippen LogP contribution in [0.25, 0.3) is 0 Å². The fourth-order valence-corrected chi connectivity index (χ4v) is 1.03. The summed E-state index contributed by atoms with van der Waals surface area (Å²) in [5.41, 5.74) is 0. The summed E-state index contributed by atoms with van der Waals surface area (Å²) in [5.74, 6) is -1.45. The Kier molecular flexibility index (Phi) is 8.76. The molecule has 0 fully saturated rings. The van der Waals surface area contributed by atoms with Crippen molar-refractivity contribution in [1.82, 2.24) is 0 Å². The maximum absolute atomic E-state index is 10.9. The van der Waals surface area contributed by atoms with Gasteiger partial charge in [-0.05, 0) is 19.3 Å². The van der Waals surface area contributed by atoms with Gasteiger partial charge in [-0.25, -0.2) is 0 Å². The molecule has 5 nitrogen and oxygen atoms in total. The first kappa shape index (κ1) is 13.9. The largest absolute Gasteiger partial charge is 0.481 e. The summed E-state index contributed by atoms with van der Waals surface area (Å²) < 4.78 is 4.81. The zero-order chi connectivity index (χ0) is 11.5. The normalized spacial score (nSPS) is 9.93. The predicted molar refractivity (Wildman–Crippen MR) is 53.4 cm³/mol. The average molecular weight is 218 g/mol. The molecule has 88 valence electrons. The summed E-state index contributed by atoms with van der Waals surface area (Å²) in [4.78, 5) is 21.0. The van der Waals surface area contributed by atoms with E-state index in [-0.39, 0.29) is 19.4 Å². The van der Waals surface area contributed by atoms with Crippen molar-refractivity contribution in [3.8, 4) is 0 Å². The molecule has 0 bridgehead atoms. The molecule has 15 heavy (non-hydrogen) atoms. The molecule has 0 aliphatic rings. The van der Waals surface area contributed by atoms with E-state index in [1.807, 2.05) is 0 Å². The monoisotopic (exact) mass is 218 g/mol. The van der Waals surface area contributed by atoms with E-state index < -0.39 is 11.9 Å². The lowest BCUT2D eigenvalue weighted by atomic mass is 10.2. The van der Waals surface area contributed by atoms with Crippen LogP contribution in [-0.2, 0) is 14.3 Å². The first-order valence-electron chi connectivity index (χ1n) is 5.15. The first-order valence-corrected chi connectivity index (χ1v) is 5.15. The molecule has 0 spiro atoms. The highest BCUT2D eigenvalue weighted by molar-refractivity contribution is 5.76. The molecule has 0 radical (unpaired) electrons. The van der Waals surface area contributed by atoms with Gasteiger partial charge >= 0.3 is 11.9 Å². The van der Waals surface area contributed by atoms with Crippen LogP contribution in [0.5, 0.6) is 0 Å². The van der Waals surface area contributed by atoms with E-state index in [1.54, 1.807) is 0 Å². The van der Waals surface area contributed by atoms with Crippen LogP contribution in [-0.4, -0.2) is 35.4 Å². The number of hydrogen-bond donors (Lipinski definition) is 2. The number of unbranched alkanes of at least 4 members (excludes halogenated alkanes) is 3. The molecule has 0 heterocycles. The second-order valence-corrected chi connectivity index (χ2v) is 3.25. The lowest BCUT2D eigenvalue weighted by molar-refractivity contribution is -0.147. The lowest BCUT2D eigenvalue weighted by Crippen LogP contribution is -2.08. The van der Waals surface area contributed by atoms with Crippen LogP contribution < -0.4 is 0 Å². The Morgan fingerprint density at radius 3 is 2.27 bits per heavy atom. The number of carbonyl (C=O) groups is 2. The smallest absolute Gasteiger partial charge is 0.306 e.